The number of carbonyl (C=O) groups excluding carboxylic acids is 1. The molecule has 0 radical (unpaired) electrons. The molecule has 1 saturated heterocycles. The molecule has 1 aliphatic rings. The molecule has 0 unspecified atom stereocenters. The minimum atomic E-state index is -0.805. The highest BCUT2D eigenvalue weighted by atomic mass is 19.2. The molecular weight excluding hydrogens is 284 g/mol. The van der Waals surface area contributed by atoms with Gasteiger partial charge in [0.15, 0.2) is 11.6 Å². The van der Waals surface area contributed by atoms with Gasteiger partial charge in [0.2, 0.25) is 5.91 Å². The fourth-order valence-electron chi connectivity index (χ4n) is 2.98. The molecule has 0 spiro atoms. The number of piperidine rings is 1. The van der Waals surface area contributed by atoms with Crippen LogP contribution in [0.2, 0.25) is 0 Å². The van der Waals surface area contributed by atoms with Crippen molar-refractivity contribution < 1.29 is 13.6 Å². The van der Waals surface area contributed by atoms with Crippen LogP contribution < -0.4 is 0 Å². The fourth-order valence-corrected chi connectivity index (χ4v) is 2.98. The largest absolute Gasteiger partial charge is 0.342 e. The molecule has 120 valence electrons. The zero-order valence-corrected chi connectivity index (χ0v) is 12.9. The third kappa shape index (κ3) is 4.65. The van der Waals surface area contributed by atoms with Crippen LogP contribution in [0.1, 0.15) is 37.7 Å². The lowest BCUT2D eigenvalue weighted by atomic mass is 9.91. The van der Waals surface area contributed by atoms with E-state index in [1.807, 2.05) is 4.90 Å². The smallest absolute Gasteiger partial charge is 0.222 e. The Balaban J connectivity index is 1.83. The van der Waals surface area contributed by atoms with Gasteiger partial charge in [-0.3, -0.25) is 4.79 Å². The van der Waals surface area contributed by atoms with Gasteiger partial charge in [-0.1, -0.05) is 12.1 Å². The molecule has 0 aromatic heterocycles. The van der Waals surface area contributed by atoms with E-state index in [0.717, 1.165) is 50.8 Å². The number of benzene rings is 1. The topological polar surface area (TPSA) is 20.3 Å². The molecule has 1 aliphatic heterocycles. The molecule has 4 heteroatoms. The molecule has 0 aliphatic carbocycles. The Morgan fingerprint density at radius 2 is 2.18 bits per heavy atom. The lowest BCUT2D eigenvalue weighted by Gasteiger charge is -2.33. The summed E-state index contributed by atoms with van der Waals surface area (Å²) in [5.41, 5.74) is 0.814. The van der Waals surface area contributed by atoms with Gasteiger partial charge in [-0.05, 0) is 55.7 Å². The second-order valence-corrected chi connectivity index (χ2v) is 5.96. The summed E-state index contributed by atoms with van der Waals surface area (Å²) in [6.45, 7) is 5.25. The van der Waals surface area contributed by atoms with E-state index in [0.29, 0.717) is 12.3 Å². The molecule has 2 nitrogen and oxygen atoms in total. The Kier molecular flexibility index (Phi) is 6.10. The molecule has 1 aromatic carbocycles. The fraction of sp³-hybridized carbons (Fsp3) is 0.500. The Hall–Kier alpha value is -1.71. The lowest BCUT2D eigenvalue weighted by molar-refractivity contribution is -0.132. The van der Waals surface area contributed by atoms with Gasteiger partial charge in [-0.15, -0.1) is 6.58 Å². The first-order chi connectivity index (χ1) is 10.6. The van der Waals surface area contributed by atoms with Gasteiger partial charge in [-0.2, -0.15) is 0 Å². The number of hydrogen-bond acceptors (Lipinski definition) is 1. The van der Waals surface area contributed by atoms with Crippen LogP contribution in [0.15, 0.2) is 30.9 Å². The van der Waals surface area contributed by atoms with Crippen molar-refractivity contribution in [1.29, 1.82) is 0 Å². The maximum absolute atomic E-state index is 13.2. The average molecular weight is 307 g/mol. The minimum Gasteiger partial charge on any atom is -0.342 e. The molecule has 0 N–H and O–H groups in total. The number of likely N-dealkylation sites (tertiary alicyclic amines) is 1. The van der Waals surface area contributed by atoms with E-state index in [4.69, 9.17) is 0 Å². The van der Waals surface area contributed by atoms with Crippen LogP contribution in [0.4, 0.5) is 8.78 Å². The Labute approximate surface area is 130 Å². The molecule has 1 heterocycles. The number of rotatable bonds is 6. The summed E-state index contributed by atoms with van der Waals surface area (Å²) in [6, 6.07) is 4.08. The molecule has 1 atom stereocenters. The van der Waals surface area contributed by atoms with Crippen molar-refractivity contribution in [1.82, 2.24) is 4.90 Å². The van der Waals surface area contributed by atoms with Gasteiger partial charge in [0.1, 0.15) is 0 Å². The second kappa shape index (κ2) is 8.06. The number of nitrogens with zero attached hydrogens (tertiary/aromatic N) is 1. The molecule has 1 amide bonds. The van der Waals surface area contributed by atoms with Gasteiger partial charge < -0.3 is 4.90 Å². The Bertz CT molecular complexity index is 530. The zero-order valence-electron chi connectivity index (χ0n) is 12.9. The average Bonchev–Trinajstić information content (AvgIpc) is 2.54. The number of amides is 1. The molecular formula is C18H23F2NO. The van der Waals surface area contributed by atoms with Gasteiger partial charge >= 0.3 is 0 Å². The number of carbonyl (C=O) groups is 1. The molecule has 0 bridgehead atoms. The Morgan fingerprint density at radius 3 is 2.91 bits per heavy atom. The van der Waals surface area contributed by atoms with Crippen molar-refractivity contribution in [2.24, 2.45) is 5.92 Å². The summed E-state index contributed by atoms with van der Waals surface area (Å²) in [5.74, 6) is -0.963. The van der Waals surface area contributed by atoms with Crippen LogP contribution >= 0.6 is 0 Å². The second-order valence-electron chi connectivity index (χ2n) is 5.96. The van der Waals surface area contributed by atoms with Crippen LogP contribution in [0.5, 0.6) is 0 Å². The van der Waals surface area contributed by atoms with Gasteiger partial charge in [0.05, 0.1) is 0 Å². The summed E-state index contributed by atoms with van der Waals surface area (Å²) in [7, 11) is 0. The van der Waals surface area contributed by atoms with Crippen LogP contribution in [-0.4, -0.2) is 23.9 Å². The minimum absolute atomic E-state index is 0.192. The van der Waals surface area contributed by atoms with Crippen molar-refractivity contribution in [3.8, 4) is 0 Å². The maximum Gasteiger partial charge on any atom is 0.222 e. The number of allylic oxidation sites excluding steroid dienone is 1. The first-order valence-electron chi connectivity index (χ1n) is 7.92. The molecule has 1 aromatic rings. The summed E-state index contributed by atoms with van der Waals surface area (Å²) < 4.78 is 26.1. The third-order valence-corrected chi connectivity index (χ3v) is 4.26. The highest BCUT2D eigenvalue weighted by Gasteiger charge is 2.22. The van der Waals surface area contributed by atoms with E-state index in [2.05, 4.69) is 6.58 Å². The maximum atomic E-state index is 13.2. The summed E-state index contributed by atoms with van der Waals surface area (Å²) in [6.07, 6.45) is 6.74. The van der Waals surface area contributed by atoms with Crippen LogP contribution in [0.3, 0.4) is 0 Å². The molecule has 0 saturated carbocycles. The number of aryl methyl sites for hydroxylation is 1. The first-order valence-corrected chi connectivity index (χ1v) is 7.92. The van der Waals surface area contributed by atoms with Crippen molar-refractivity contribution in [3.05, 3.63) is 48.1 Å². The van der Waals surface area contributed by atoms with Crippen molar-refractivity contribution >= 4 is 5.91 Å². The van der Waals surface area contributed by atoms with Gasteiger partial charge in [-0.25, -0.2) is 8.78 Å². The van der Waals surface area contributed by atoms with Gasteiger partial charge in [0, 0.05) is 19.5 Å². The van der Waals surface area contributed by atoms with E-state index in [-0.39, 0.29) is 5.91 Å². The molecule has 1 fully saturated rings. The Morgan fingerprint density at radius 1 is 1.36 bits per heavy atom. The first kappa shape index (κ1) is 16.7. The summed E-state index contributed by atoms with van der Waals surface area (Å²) in [4.78, 5) is 14.0. The van der Waals surface area contributed by atoms with Crippen LogP contribution in [-0.2, 0) is 11.2 Å². The quantitative estimate of drug-likeness (QED) is 0.725. The normalized spacial score (nSPS) is 18.3. The van der Waals surface area contributed by atoms with Gasteiger partial charge in [0.25, 0.3) is 0 Å². The predicted octanol–water partition coefficient (Wildman–Crippen LogP) is 4.10. The number of hydrogen-bond donors (Lipinski definition) is 0. The summed E-state index contributed by atoms with van der Waals surface area (Å²) >= 11 is 0. The van der Waals surface area contributed by atoms with E-state index < -0.39 is 11.6 Å². The molecule has 2 rings (SSSR count). The zero-order chi connectivity index (χ0) is 15.9. The van der Waals surface area contributed by atoms with Crippen molar-refractivity contribution in [2.45, 2.75) is 38.5 Å². The van der Waals surface area contributed by atoms with E-state index in [1.165, 1.54) is 12.1 Å². The predicted molar refractivity (Wildman–Crippen MR) is 83.4 cm³/mol. The van der Waals surface area contributed by atoms with Crippen molar-refractivity contribution in [2.75, 3.05) is 13.1 Å². The highest BCUT2D eigenvalue weighted by Crippen LogP contribution is 2.23. The van der Waals surface area contributed by atoms with Crippen LogP contribution in [0, 0.1) is 17.6 Å². The van der Waals surface area contributed by atoms with E-state index >= 15 is 0 Å². The highest BCUT2D eigenvalue weighted by molar-refractivity contribution is 5.76. The number of halogens is 2. The SMILES string of the molecule is C=CCCC(=O)N1CCC[C@H](CCc2ccc(F)c(F)c2)C1. The third-order valence-electron chi connectivity index (χ3n) is 4.26. The lowest BCUT2D eigenvalue weighted by Crippen LogP contribution is -2.39. The molecule has 22 heavy (non-hydrogen) atoms. The van der Waals surface area contributed by atoms with Crippen LogP contribution in [0.25, 0.3) is 0 Å². The van der Waals surface area contributed by atoms with Crippen molar-refractivity contribution in [3.63, 3.8) is 0 Å². The van der Waals surface area contributed by atoms with E-state index in [9.17, 15) is 13.6 Å². The van der Waals surface area contributed by atoms with E-state index in [1.54, 1.807) is 12.1 Å². The monoisotopic (exact) mass is 307 g/mol. The standard InChI is InChI=1S/C18H23F2NO/c1-2-3-6-18(22)21-11-4-5-15(13-21)8-7-14-9-10-16(19)17(20)12-14/h2,9-10,12,15H,1,3-8,11,13H2/t15-/m1/s1. The summed E-state index contributed by atoms with van der Waals surface area (Å²) in [5, 5.41) is 0.